The first-order chi connectivity index (χ1) is 12.0. The van der Waals surface area contributed by atoms with Gasteiger partial charge in [0, 0.05) is 60.0 Å². The zero-order chi connectivity index (χ0) is 18.7. The van der Waals surface area contributed by atoms with Crippen LogP contribution in [0.25, 0.3) is 0 Å². The van der Waals surface area contributed by atoms with Crippen LogP contribution >= 0.6 is 11.3 Å². The minimum atomic E-state index is -0.205. The second-order valence-electron chi connectivity index (χ2n) is 5.67. The van der Waals surface area contributed by atoms with Crippen LogP contribution in [0.4, 0.5) is 4.79 Å². The minimum Gasteiger partial charge on any atom is -0.385 e. The summed E-state index contributed by atoms with van der Waals surface area (Å²) in [6.45, 7) is 2.68. The SMILES string of the molecule is COCCCNC(=O)c1csc(CN(CCCOC)C(=O)N(C)C)n1. The summed E-state index contributed by atoms with van der Waals surface area (Å²) >= 11 is 1.38. The van der Waals surface area contributed by atoms with Crippen molar-refractivity contribution in [3.05, 3.63) is 16.1 Å². The molecule has 0 saturated carbocycles. The summed E-state index contributed by atoms with van der Waals surface area (Å²) in [6.07, 6.45) is 1.50. The lowest BCUT2D eigenvalue weighted by Crippen LogP contribution is -2.39. The number of carbonyl (C=O) groups is 2. The molecule has 0 unspecified atom stereocenters. The van der Waals surface area contributed by atoms with E-state index in [-0.39, 0.29) is 11.9 Å². The second kappa shape index (κ2) is 11.8. The summed E-state index contributed by atoms with van der Waals surface area (Å²) in [5.74, 6) is -0.205. The van der Waals surface area contributed by atoms with Crippen molar-refractivity contribution in [2.75, 3.05) is 54.6 Å². The third-order valence-corrected chi connectivity index (χ3v) is 4.18. The Hall–Kier alpha value is -1.71. The molecule has 0 aliphatic carbocycles. The first-order valence-electron chi connectivity index (χ1n) is 8.16. The number of hydrogen-bond donors (Lipinski definition) is 1. The highest BCUT2D eigenvalue weighted by Gasteiger charge is 2.18. The molecule has 1 rings (SSSR count). The van der Waals surface area contributed by atoms with E-state index in [1.807, 2.05) is 0 Å². The van der Waals surface area contributed by atoms with E-state index in [9.17, 15) is 9.59 Å². The highest BCUT2D eigenvalue weighted by molar-refractivity contribution is 7.09. The van der Waals surface area contributed by atoms with E-state index in [1.54, 1.807) is 38.6 Å². The fourth-order valence-electron chi connectivity index (χ4n) is 2.08. The van der Waals surface area contributed by atoms with Crippen molar-refractivity contribution < 1.29 is 19.1 Å². The van der Waals surface area contributed by atoms with E-state index >= 15 is 0 Å². The lowest BCUT2D eigenvalue weighted by Gasteiger charge is -2.25. The highest BCUT2D eigenvalue weighted by atomic mass is 32.1. The quantitative estimate of drug-likeness (QED) is 0.594. The maximum absolute atomic E-state index is 12.3. The van der Waals surface area contributed by atoms with E-state index in [1.165, 1.54) is 16.2 Å². The van der Waals surface area contributed by atoms with Crippen molar-refractivity contribution in [2.24, 2.45) is 0 Å². The van der Waals surface area contributed by atoms with Crippen molar-refractivity contribution in [1.29, 1.82) is 0 Å². The predicted octanol–water partition coefficient (Wildman–Crippen LogP) is 1.43. The van der Waals surface area contributed by atoms with Crippen LogP contribution in [0.3, 0.4) is 0 Å². The molecule has 1 aromatic heterocycles. The molecular formula is C16H28N4O4S. The van der Waals surface area contributed by atoms with Crippen molar-refractivity contribution in [2.45, 2.75) is 19.4 Å². The van der Waals surface area contributed by atoms with Crippen LogP contribution < -0.4 is 5.32 Å². The zero-order valence-corrected chi connectivity index (χ0v) is 16.2. The molecule has 8 nitrogen and oxygen atoms in total. The lowest BCUT2D eigenvalue weighted by molar-refractivity contribution is 0.0944. The van der Waals surface area contributed by atoms with Gasteiger partial charge in [-0.2, -0.15) is 0 Å². The molecule has 0 radical (unpaired) electrons. The van der Waals surface area contributed by atoms with Gasteiger partial charge in [0.05, 0.1) is 6.54 Å². The van der Waals surface area contributed by atoms with Crippen molar-refractivity contribution >= 4 is 23.3 Å². The van der Waals surface area contributed by atoms with Crippen LogP contribution in [0.1, 0.15) is 28.3 Å². The van der Waals surface area contributed by atoms with Crippen molar-refractivity contribution in [3.8, 4) is 0 Å². The maximum atomic E-state index is 12.3. The predicted molar refractivity (Wildman–Crippen MR) is 96.9 cm³/mol. The molecule has 0 aromatic carbocycles. The largest absolute Gasteiger partial charge is 0.385 e. The number of nitrogens with zero attached hydrogens (tertiary/aromatic N) is 3. The fraction of sp³-hybridized carbons (Fsp3) is 0.688. The monoisotopic (exact) mass is 372 g/mol. The fourth-order valence-corrected chi connectivity index (χ4v) is 2.87. The van der Waals surface area contributed by atoms with Crippen LogP contribution in [0.2, 0.25) is 0 Å². The topological polar surface area (TPSA) is 84.0 Å². The van der Waals surface area contributed by atoms with Crippen molar-refractivity contribution in [1.82, 2.24) is 20.1 Å². The molecule has 0 bridgehead atoms. The number of thiazole rings is 1. The number of ether oxygens (including phenoxy) is 2. The van der Waals surface area contributed by atoms with Crippen LogP contribution in [0, 0.1) is 0 Å². The molecule has 142 valence electrons. The van der Waals surface area contributed by atoms with E-state index in [0.717, 1.165) is 17.8 Å². The number of urea groups is 1. The highest BCUT2D eigenvalue weighted by Crippen LogP contribution is 2.14. The maximum Gasteiger partial charge on any atom is 0.319 e. The zero-order valence-electron chi connectivity index (χ0n) is 15.4. The van der Waals surface area contributed by atoms with Gasteiger partial charge in [-0.05, 0) is 12.8 Å². The average molecular weight is 372 g/mol. The van der Waals surface area contributed by atoms with Crippen LogP contribution in [-0.2, 0) is 16.0 Å². The lowest BCUT2D eigenvalue weighted by atomic mass is 10.4. The number of nitrogens with one attached hydrogen (secondary N) is 1. The summed E-state index contributed by atoms with van der Waals surface area (Å²) in [4.78, 5) is 31.9. The molecule has 0 atom stereocenters. The molecule has 25 heavy (non-hydrogen) atoms. The molecular weight excluding hydrogens is 344 g/mol. The standard InChI is InChI=1S/C16H28N4O4S/c1-19(2)16(22)20(8-6-10-24-4)11-14-18-13(12-25-14)15(21)17-7-5-9-23-3/h12H,5-11H2,1-4H3,(H,17,21). The van der Waals surface area contributed by atoms with E-state index < -0.39 is 0 Å². The number of amides is 3. The van der Waals surface area contributed by atoms with Gasteiger partial charge in [-0.3, -0.25) is 4.79 Å². The number of rotatable bonds is 11. The normalized spacial score (nSPS) is 10.6. The minimum absolute atomic E-state index is 0.0862. The Balaban J connectivity index is 2.61. The molecule has 0 saturated heterocycles. The Labute approximate surface area is 153 Å². The van der Waals surface area contributed by atoms with Crippen LogP contribution in [0.5, 0.6) is 0 Å². The summed E-state index contributed by atoms with van der Waals surface area (Å²) < 4.78 is 9.99. The van der Waals surface area contributed by atoms with Gasteiger partial charge >= 0.3 is 6.03 Å². The first kappa shape index (κ1) is 21.3. The van der Waals surface area contributed by atoms with Gasteiger partial charge in [0.1, 0.15) is 10.7 Å². The smallest absolute Gasteiger partial charge is 0.319 e. The molecule has 0 spiro atoms. The molecule has 9 heteroatoms. The number of aromatic nitrogens is 1. The van der Waals surface area contributed by atoms with Gasteiger partial charge in [-0.15, -0.1) is 11.3 Å². The van der Waals surface area contributed by atoms with Gasteiger partial charge < -0.3 is 24.6 Å². The summed E-state index contributed by atoms with van der Waals surface area (Å²) in [5, 5.41) is 5.25. The second-order valence-corrected chi connectivity index (χ2v) is 6.62. The molecule has 1 aromatic rings. The Morgan fingerprint density at radius 3 is 2.52 bits per heavy atom. The van der Waals surface area contributed by atoms with E-state index in [2.05, 4.69) is 10.3 Å². The third kappa shape index (κ3) is 7.80. The van der Waals surface area contributed by atoms with Gasteiger partial charge in [0.2, 0.25) is 0 Å². The van der Waals surface area contributed by atoms with Crippen LogP contribution in [-0.4, -0.2) is 81.3 Å². The molecule has 0 fully saturated rings. The van der Waals surface area contributed by atoms with Gasteiger partial charge in [-0.25, -0.2) is 9.78 Å². The van der Waals surface area contributed by atoms with Crippen LogP contribution in [0.15, 0.2) is 5.38 Å². The molecule has 0 aliphatic heterocycles. The van der Waals surface area contributed by atoms with Gasteiger partial charge in [-0.1, -0.05) is 0 Å². The summed E-state index contributed by atoms with van der Waals surface area (Å²) in [7, 11) is 6.69. The molecule has 3 amide bonds. The Morgan fingerprint density at radius 2 is 1.88 bits per heavy atom. The number of carbonyl (C=O) groups excluding carboxylic acids is 2. The average Bonchev–Trinajstić information content (AvgIpc) is 3.05. The number of methoxy groups -OCH3 is 2. The Morgan fingerprint density at radius 1 is 1.20 bits per heavy atom. The molecule has 0 aliphatic rings. The van der Waals surface area contributed by atoms with Gasteiger partial charge in [0.15, 0.2) is 0 Å². The Kier molecular flexibility index (Phi) is 10.0. The third-order valence-electron chi connectivity index (χ3n) is 3.35. The summed E-state index contributed by atoms with van der Waals surface area (Å²) in [6, 6.07) is -0.0862. The van der Waals surface area contributed by atoms with Gasteiger partial charge in [0.25, 0.3) is 5.91 Å². The number of hydrogen-bond acceptors (Lipinski definition) is 6. The van der Waals surface area contributed by atoms with E-state index in [4.69, 9.17) is 9.47 Å². The Bertz CT molecular complexity index is 536. The van der Waals surface area contributed by atoms with Crippen molar-refractivity contribution in [3.63, 3.8) is 0 Å². The molecule has 1 heterocycles. The molecule has 1 N–H and O–H groups in total. The summed E-state index contributed by atoms with van der Waals surface area (Å²) in [5.41, 5.74) is 0.381. The van der Waals surface area contributed by atoms with E-state index in [0.29, 0.717) is 38.5 Å². The first-order valence-corrected chi connectivity index (χ1v) is 9.04.